The molecule has 0 radical (unpaired) electrons. The van der Waals surface area contributed by atoms with Gasteiger partial charge in [0.2, 0.25) is 0 Å². The van der Waals surface area contributed by atoms with Crippen LogP contribution in [-0.2, 0) is 0 Å². The zero-order valence-corrected chi connectivity index (χ0v) is 12.7. The van der Waals surface area contributed by atoms with Gasteiger partial charge < -0.3 is 10.7 Å². The quantitative estimate of drug-likeness (QED) is 0.555. The molecule has 1 heterocycles. The first-order valence-corrected chi connectivity index (χ1v) is 7.88. The molecular weight excluding hydrogens is 264 g/mol. The van der Waals surface area contributed by atoms with Crippen LogP contribution in [0.3, 0.4) is 0 Å². The molecule has 1 aromatic rings. The molecular formula is C16H24N4O. The van der Waals surface area contributed by atoms with Crippen molar-refractivity contribution in [2.75, 3.05) is 5.43 Å². The normalized spacial score (nSPS) is 18.1. The molecule has 0 spiro atoms. The molecule has 0 atom stereocenters. The molecule has 2 saturated carbocycles. The summed E-state index contributed by atoms with van der Waals surface area (Å²) in [6, 6.07) is 3.96. The van der Waals surface area contributed by atoms with Crippen LogP contribution in [0.4, 0.5) is 5.82 Å². The second-order valence-corrected chi connectivity index (χ2v) is 6.64. The highest BCUT2D eigenvalue weighted by atomic mass is 16.1. The summed E-state index contributed by atoms with van der Waals surface area (Å²) < 4.78 is 0. The number of nitrogen functional groups attached to an aromatic ring is 1. The van der Waals surface area contributed by atoms with E-state index < -0.39 is 0 Å². The summed E-state index contributed by atoms with van der Waals surface area (Å²) in [7, 11) is 0. The molecule has 1 amide bonds. The first kappa shape index (κ1) is 14.3. The predicted octanol–water partition coefficient (Wildman–Crippen LogP) is 2.41. The zero-order valence-electron chi connectivity index (χ0n) is 12.7. The average Bonchev–Trinajstić information content (AvgIpc) is 3.37. The summed E-state index contributed by atoms with van der Waals surface area (Å²) in [5.74, 6) is 7.65. The molecule has 21 heavy (non-hydrogen) atoms. The largest absolute Gasteiger partial charge is 0.349 e. The number of carbonyl (C=O) groups excluding carboxylic acids is 1. The van der Waals surface area contributed by atoms with E-state index in [9.17, 15) is 4.79 Å². The van der Waals surface area contributed by atoms with E-state index in [-0.39, 0.29) is 11.8 Å². The van der Waals surface area contributed by atoms with Crippen LogP contribution in [0.25, 0.3) is 0 Å². The minimum absolute atomic E-state index is 0.000370. The standard InChI is InChI=1S/C16H24N4O/c1-9(2)13-7-12(8-14(18-13)20-17)16(21)19-15(10-3-4-10)11-5-6-11/h7-11,15H,3-6,17H2,1-2H3,(H,18,20)(H,19,21). The molecule has 114 valence electrons. The maximum Gasteiger partial charge on any atom is 0.251 e. The Morgan fingerprint density at radius 3 is 2.33 bits per heavy atom. The lowest BCUT2D eigenvalue weighted by atomic mass is 10.0. The van der Waals surface area contributed by atoms with Gasteiger partial charge in [-0.1, -0.05) is 13.8 Å². The Bertz CT molecular complexity index is 523. The number of anilines is 1. The van der Waals surface area contributed by atoms with Gasteiger partial charge >= 0.3 is 0 Å². The zero-order chi connectivity index (χ0) is 15.0. The van der Waals surface area contributed by atoms with Gasteiger partial charge in [0.25, 0.3) is 5.91 Å². The van der Waals surface area contributed by atoms with Gasteiger partial charge in [0, 0.05) is 17.3 Å². The number of carbonyl (C=O) groups is 1. The van der Waals surface area contributed by atoms with E-state index in [2.05, 4.69) is 29.6 Å². The highest BCUT2D eigenvalue weighted by Gasteiger charge is 2.42. The van der Waals surface area contributed by atoms with Crippen LogP contribution in [0.2, 0.25) is 0 Å². The van der Waals surface area contributed by atoms with Gasteiger partial charge in [0.1, 0.15) is 5.82 Å². The minimum Gasteiger partial charge on any atom is -0.349 e. The highest BCUT2D eigenvalue weighted by Crippen LogP contribution is 2.44. The number of nitrogens with zero attached hydrogens (tertiary/aromatic N) is 1. The van der Waals surface area contributed by atoms with Crippen molar-refractivity contribution in [2.24, 2.45) is 17.7 Å². The van der Waals surface area contributed by atoms with Gasteiger partial charge in [-0.2, -0.15) is 0 Å². The SMILES string of the molecule is CC(C)c1cc(C(=O)NC(C2CC2)C2CC2)cc(NN)n1. The van der Waals surface area contributed by atoms with Crippen LogP contribution in [0, 0.1) is 11.8 Å². The van der Waals surface area contributed by atoms with Crippen molar-refractivity contribution in [3.05, 3.63) is 23.4 Å². The Labute approximate surface area is 125 Å². The number of nitrogens with two attached hydrogens (primary N) is 1. The van der Waals surface area contributed by atoms with E-state index in [0.29, 0.717) is 29.3 Å². The Kier molecular flexibility index (Phi) is 3.85. The van der Waals surface area contributed by atoms with Crippen molar-refractivity contribution in [1.29, 1.82) is 0 Å². The fourth-order valence-electron chi connectivity index (χ4n) is 2.82. The number of amides is 1. The smallest absolute Gasteiger partial charge is 0.251 e. The number of rotatable bonds is 6. The number of nitrogens with one attached hydrogen (secondary N) is 2. The fraction of sp³-hybridized carbons (Fsp3) is 0.625. The molecule has 0 saturated heterocycles. The van der Waals surface area contributed by atoms with E-state index in [1.165, 1.54) is 25.7 Å². The molecule has 5 heteroatoms. The number of pyridine rings is 1. The van der Waals surface area contributed by atoms with Crippen LogP contribution in [0.5, 0.6) is 0 Å². The molecule has 0 aliphatic heterocycles. The molecule has 0 unspecified atom stereocenters. The number of hydrogen-bond acceptors (Lipinski definition) is 4. The third-order valence-electron chi connectivity index (χ3n) is 4.40. The van der Waals surface area contributed by atoms with Crippen molar-refractivity contribution in [3.63, 3.8) is 0 Å². The third kappa shape index (κ3) is 3.35. The van der Waals surface area contributed by atoms with Crippen LogP contribution in [-0.4, -0.2) is 16.9 Å². The first-order chi connectivity index (χ1) is 10.1. The van der Waals surface area contributed by atoms with Gasteiger partial charge in [0.15, 0.2) is 0 Å². The molecule has 1 aromatic heterocycles. The van der Waals surface area contributed by atoms with Crippen molar-refractivity contribution in [1.82, 2.24) is 10.3 Å². The van der Waals surface area contributed by atoms with E-state index in [4.69, 9.17) is 5.84 Å². The lowest BCUT2D eigenvalue weighted by Crippen LogP contribution is -2.38. The van der Waals surface area contributed by atoms with Crippen LogP contribution in [0.1, 0.15) is 61.5 Å². The topological polar surface area (TPSA) is 80.0 Å². The molecule has 3 rings (SSSR count). The lowest BCUT2D eigenvalue weighted by Gasteiger charge is -2.18. The molecule has 2 fully saturated rings. The number of hydrazine groups is 1. The van der Waals surface area contributed by atoms with Crippen LogP contribution in [0.15, 0.2) is 12.1 Å². The number of hydrogen-bond donors (Lipinski definition) is 3. The molecule has 4 N–H and O–H groups in total. The maximum absolute atomic E-state index is 12.6. The maximum atomic E-state index is 12.6. The van der Waals surface area contributed by atoms with Gasteiger partial charge in [-0.15, -0.1) is 0 Å². The van der Waals surface area contributed by atoms with Gasteiger partial charge in [0.05, 0.1) is 0 Å². The van der Waals surface area contributed by atoms with E-state index >= 15 is 0 Å². The van der Waals surface area contributed by atoms with E-state index in [0.717, 1.165) is 5.69 Å². The van der Waals surface area contributed by atoms with Crippen molar-refractivity contribution in [3.8, 4) is 0 Å². The lowest BCUT2D eigenvalue weighted by molar-refractivity contribution is 0.0926. The Balaban J connectivity index is 1.77. The van der Waals surface area contributed by atoms with Gasteiger partial charge in [-0.25, -0.2) is 10.8 Å². The molecule has 5 nitrogen and oxygen atoms in total. The fourth-order valence-corrected chi connectivity index (χ4v) is 2.82. The first-order valence-electron chi connectivity index (χ1n) is 7.88. The Morgan fingerprint density at radius 2 is 1.86 bits per heavy atom. The minimum atomic E-state index is -0.000370. The monoisotopic (exact) mass is 288 g/mol. The van der Waals surface area contributed by atoms with E-state index in [1.54, 1.807) is 6.07 Å². The van der Waals surface area contributed by atoms with Gasteiger partial charge in [-0.3, -0.25) is 4.79 Å². The predicted molar refractivity (Wildman–Crippen MR) is 82.8 cm³/mol. The third-order valence-corrected chi connectivity index (χ3v) is 4.40. The summed E-state index contributed by atoms with van der Waals surface area (Å²) in [5.41, 5.74) is 4.08. The second-order valence-electron chi connectivity index (χ2n) is 6.64. The summed E-state index contributed by atoms with van der Waals surface area (Å²) >= 11 is 0. The Morgan fingerprint density at radius 1 is 1.24 bits per heavy atom. The summed E-state index contributed by atoms with van der Waals surface area (Å²) in [5, 5.41) is 3.24. The molecule has 0 bridgehead atoms. The highest BCUT2D eigenvalue weighted by molar-refractivity contribution is 5.95. The number of aromatic nitrogens is 1. The van der Waals surface area contributed by atoms with Crippen LogP contribution < -0.4 is 16.6 Å². The van der Waals surface area contributed by atoms with Crippen LogP contribution >= 0.6 is 0 Å². The Hall–Kier alpha value is -1.62. The summed E-state index contributed by atoms with van der Waals surface area (Å²) in [6.45, 7) is 4.11. The van der Waals surface area contributed by atoms with Gasteiger partial charge in [-0.05, 0) is 55.6 Å². The van der Waals surface area contributed by atoms with Crippen molar-refractivity contribution >= 4 is 11.7 Å². The van der Waals surface area contributed by atoms with Crippen molar-refractivity contribution in [2.45, 2.75) is 51.5 Å². The molecule has 2 aliphatic carbocycles. The molecule has 2 aliphatic rings. The average molecular weight is 288 g/mol. The molecule has 0 aromatic carbocycles. The summed E-state index contributed by atoms with van der Waals surface area (Å²) in [4.78, 5) is 16.9. The summed E-state index contributed by atoms with van der Waals surface area (Å²) in [6.07, 6.45) is 5.02. The van der Waals surface area contributed by atoms with Crippen molar-refractivity contribution < 1.29 is 4.79 Å². The second kappa shape index (κ2) is 5.64. The van der Waals surface area contributed by atoms with E-state index in [1.807, 2.05) is 6.07 Å².